The van der Waals surface area contributed by atoms with E-state index in [1.807, 2.05) is 13.8 Å². The number of benzene rings is 3. The molecule has 0 amide bonds. The molecule has 1 aliphatic heterocycles. The summed E-state index contributed by atoms with van der Waals surface area (Å²) in [6.07, 6.45) is 0. The van der Waals surface area contributed by atoms with Crippen LogP contribution in [0.25, 0.3) is 0 Å². The van der Waals surface area contributed by atoms with E-state index in [2.05, 4.69) is 0 Å². The number of esters is 1. The number of carbonyl (C=O) groups is 2. The molecule has 0 aliphatic carbocycles. The largest absolute Gasteiger partial charge is 0.508 e. The first-order valence-electron chi connectivity index (χ1n) is 9.23. The van der Waals surface area contributed by atoms with Gasteiger partial charge < -0.3 is 14.9 Å². The standard InChI is InChI=1S/C24H20O5/c1-13-10-17(26)5-8-20(13)24(21-9-6-18(27)11-14(21)2)22-7-4-16(15(3)25)12-19(22)23(28)29-24/h4-12,26-27H,1-3H3. The quantitative estimate of drug-likeness (QED) is 0.514. The second kappa shape index (κ2) is 6.48. The summed E-state index contributed by atoms with van der Waals surface area (Å²) in [6.45, 7) is 5.12. The van der Waals surface area contributed by atoms with Crippen LogP contribution in [-0.4, -0.2) is 22.0 Å². The molecule has 3 aromatic carbocycles. The number of ether oxygens (including phenoxy) is 1. The van der Waals surface area contributed by atoms with Crippen LogP contribution in [0, 0.1) is 13.8 Å². The van der Waals surface area contributed by atoms with Gasteiger partial charge in [0.15, 0.2) is 11.4 Å². The number of rotatable bonds is 3. The zero-order chi connectivity index (χ0) is 20.9. The number of hydrogen-bond donors (Lipinski definition) is 2. The van der Waals surface area contributed by atoms with Crippen LogP contribution in [-0.2, 0) is 10.3 Å². The SMILES string of the molecule is CC(=O)c1ccc2c(c1)C(=O)OC2(c1ccc(O)cc1C)c1ccc(O)cc1C. The van der Waals surface area contributed by atoms with Gasteiger partial charge in [0.05, 0.1) is 5.56 Å². The molecular formula is C24H20O5. The van der Waals surface area contributed by atoms with Gasteiger partial charge >= 0.3 is 5.97 Å². The average molecular weight is 388 g/mol. The molecule has 0 atom stereocenters. The molecule has 2 N–H and O–H groups in total. The van der Waals surface area contributed by atoms with Gasteiger partial charge in [-0.15, -0.1) is 0 Å². The van der Waals surface area contributed by atoms with Gasteiger partial charge in [-0.05, 0) is 62.2 Å². The number of carbonyl (C=O) groups excluding carboxylic acids is 2. The molecule has 0 saturated carbocycles. The Hall–Kier alpha value is -3.60. The molecule has 146 valence electrons. The van der Waals surface area contributed by atoms with Crippen molar-refractivity contribution in [2.75, 3.05) is 0 Å². The lowest BCUT2D eigenvalue weighted by atomic mass is 9.76. The minimum absolute atomic E-state index is 0.111. The van der Waals surface area contributed by atoms with Crippen molar-refractivity contribution >= 4 is 11.8 Å². The Kier molecular flexibility index (Phi) is 4.19. The summed E-state index contributed by atoms with van der Waals surface area (Å²) < 4.78 is 6.05. The fourth-order valence-electron chi connectivity index (χ4n) is 4.12. The van der Waals surface area contributed by atoms with Crippen LogP contribution in [0.15, 0.2) is 54.6 Å². The number of phenolic OH excluding ortho intramolecular Hbond substituents is 2. The van der Waals surface area contributed by atoms with Gasteiger partial charge in [-0.1, -0.05) is 24.3 Å². The molecule has 0 bridgehead atoms. The Morgan fingerprint density at radius 2 is 1.34 bits per heavy atom. The molecule has 0 saturated heterocycles. The highest BCUT2D eigenvalue weighted by atomic mass is 16.6. The first kappa shape index (κ1) is 18.7. The number of phenols is 2. The smallest absolute Gasteiger partial charge is 0.340 e. The summed E-state index contributed by atoms with van der Waals surface area (Å²) in [5, 5.41) is 19.8. The second-order valence-corrected chi connectivity index (χ2v) is 7.39. The third-order valence-corrected chi connectivity index (χ3v) is 5.45. The second-order valence-electron chi connectivity index (χ2n) is 7.39. The number of Topliss-reactive ketones (excluding diaryl/α,β-unsaturated/α-hetero) is 1. The van der Waals surface area contributed by atoms with Gasteiger partial charge in [0.25, 0.3) is 0 Å². The molecule has 0 unspecified atom stereocenters. The molecule has 0 aromatic heterocycles. The molecule has 0 radical (unpaired) electrons. The van der Waals surface area contributed by atoms with Crippen LogP contribution in [0.1, 0.15) is 55.5 Å². The van der Waals surface area contributed by atoms with E-state index in [1.54, 1.807) is 54.6 Å². The van der Waals surface area contributed by atoms with Crippen molar-refractivity contribution in [1.82, 2.24) is 0 Å². The molecule has 3 aromatic rings. The number of cyclic esters (lactones) is 1. The first-order valence-corrected chi connectivity index (χ1v) is 9.23. The lowest BCUT2D eigenvalue weighted by molar-refractivity contribution is 0.0248. The van der Waals surface area contributed by atoms with Gasteiger partial charge in [0, 0.05) is 22.3 Å². The maximum Gasteiger partial charge on any atom is 0.340 e. The summed E-state index contributed by atoms with van der Waals surface area (Å²) in [5.74, 6) is -0.441. The zero-order valence-electron chi connectivity index (χ0n) is 16.3. The predicted octanol–water partition coefficient (Wildman–Crippen LogP) is 4.38. The van der Waals surface area contributed by atoms with E-state index in [9.17, 15) is 19.8 Å². The average Bonchev–Trinajstić information content (AvgIpc) is 2.94. The molecule has 5 heteroatoms. The first-order chi connectivity index (χ1) is 13.7. The van der Waals surface area contributed by atoms with E-state index in [-0.39, 0.29) is 17.3 Å². The number of aryl methyl sites for hydroxylation is 2. The van der Waals surface area contributed by atoms with Crippen molar-refractivity contribution in [3.63, 3.8) is 0 Å². The van der Waals surface area contributed by atoms with E-state index in [4.69, 9.17) is 4.74 Å². The molecular weight excluding hydrogens is 368 g/mol. The van der Waals surface area contributed by atoms with Crippen molar-refractivity contribution in [2.45, 2.75) is 26.4 Å². The monoisotopic (exact) mass is 388 g/mol. The summed E-state index contributed by atoms with van der Waals surface area (Å²) in [6, 6.07) is 14.8. The molecule has 0 fully saturated rings. The van der Waals surface area contributed by atoms with E-state index in [0.717, 1.165) is 11.1 Å². The maximum atomic E-state index is 12.9. The maximum absolute atomic E-state index is 12.9. The van der Waals surface area contributed by atoms with E-state index >= 15 is 0 Å². The Bertz CT molecular complexity index is 1120. The van der Waals surface area contributed by atoms with Crippen LogP contribution in [0.2, 0.25) is 0 Å². The molecule has 4 rings (SSSR count). The summed E-state index contributed by atoms with van der Waals surface area (Å²) >= 11 is 0. The highest BCUT2D eigenvalue weighted by molar-refractivity contribution is 6.01. The molecule has 1 heterocycles. The summed E-state index contributed by atoms with van der Waals surface area (Å²) in [5.41, 5.74) is 3.02. The Labute approximate surface area is 168 Å². The van der Waals surface area contributed by atoms with Crippen molar-refractivity contribution in [2.24, 2.45) is 0 Å². The van der Waals surface area contributed by atoms with Crippen LogP contribution in [0.3, 0.4) is 0 Å². The van der Waals surface area contributed by atoms with Crippen molar-refractivity contribution < 1.29 is 24.5 Å². The van der Waals surface area contributed by atoms with Crippen LogP contribution < -0.4 is 0 Å². The summed E-state index contributed by atoms with van der Waals surface area (Å²) in [4.78, 5) is 24.8. The van der Waals surface area contributed by atoms with Crippen LogP contribution >= 0.6 is 0 Å². The Morgan fingerprint density at radius 1 is 0.828 bits per heavy atom. The van der Waals surface area contributed by atoms with Crippen molar-refractivity contribution in [3.8, 4) is 11.5 Å². The van der Waals surface area contributed by atoms with Gasteiger partial charge in [0.1, 0.15) is 11.5 Å². The minimum atomic E-state index is -1.25. The Balaban J connectivity index is 2.09. The summed E-state index contributed by atoms with van der Waals surface area (Å²) in [7, 11) is 0. The Morgan fingerprint density at radius 3 is 1.83 bits per heavy atom. The van der Waals surface area contributed by atoms with Gasteiger partial charge in [-0.25, -0.2) is 4.79 Å². The van der Waals surface area contributed by atoms with Crippen LogP contribution in [0.5, 0.6) is 11.5 Å². The fourth-order valence-corrected chi connectivity index (χ4v) is 4.12. The highest BCUT2D eigenvalue weighted by Crippen LogP contribution is 2.49. The third kappa shape index (κ3) is 2.78. The molecule has 5 nitrogen and oxygen atoms in total. The van der Waals surface area contributed by atoms with E-state index < -0.39 is 11.6 Å². The number of hydrogen-bond acceptors (Lipinski definition) is 5. The zero-order valence-corrected chi connectivity index (χ0v) is 16.3. The van der Waals surface area contributed by atoms with Gasteiger partial charge in [0.2, 0.25) is 0 Å². The lowest BCUT2D eigenvalue weighted by Crippen LogP contribution is -2.31. The van der Waals surface area contributed by atoms with Gasteiger partial charge in [-0.3, -0.25) is 4.79 Å². The molecule has 0 spiro atoms. The van der Waals surface area contributed by atoms with Crippen molar-refractivity contribution in [3.05, 3.63) is 93.5 Å². The van der Waals surface area contributed by atoms with Crippen LogP contribution in [0.4, 0.5) is 0 Å². The topological polar surface area (TPSA) is 83.8 Å². The van der Waals surface area contributed by atoms with E-state index in [1.165, 1.54) is 6.92 Å². The van der Waals surface area contributed by atoms with Crippen molar-refractivity contribution in [1.29, 1.82) is 0 Å². The number of fused-ring (bicyclic) bond motifs is 1. The minimum Gasteiger partial charge on any atom is -0.508 e. The lowest BCUT2D eigenvalue weighted by Gasteiger charge is -2.33. The van der Waals surface area contributed by atoms with E-state index in [0.29, 0.717) is 27.8 Å². The fraction of sp³-hybridized carbons (Fsp3) is 0.167. The number of aromatic hydroxyl groups is 2. The molecule has 1 aliphatic rings. The van der Waals surface area contributed by atoms with Gasteiger partial charge in [-0.2, -0.15) is 0 Å². The molecule has 29 heavy (non-hydrogen) atoms. The highest BCUT2D eigenvalue weighted by Gasteiger charge is 2.50. The normalized spacial score (nSPS) is 14.4. The third-order valence-electron chi connectivity index (χ3n) is 5.45. The predicted molar refractivity (Wildman–Crippen MR) is 107 cm³/mol. The number of ketones is 1.